The molecule has 1 rings (SSSR count). The van der Waals surface area contributed by atoms with E-state index in [-0.39, 0.29) is 0 Å². The number of hydrogen-bond acceptors (Lipinski definition) is 2. The number of halogens is 2. The Bertz CT molecular complexity index is 430. The summed E-state index contributed by atoms with van der Waals surface area (Å²) in [7, 11) is 1.45. The van der Waals surface area contributed by atoms with Gasteiger partial charge in [0.25, 0.3) is 0 Å². The van der Waals surface area contributed by atoms with Gasteiger partial charge in [-0.05, 0) is 25.5 Å². The summed E-state index contributed by atoms with van der Waals surface area (Å²) in [4.78, 5) is 11.0. The molecule has 5 heteroatoms. The lowest BCUT2D eigenvalue weighted by molar-refractivity contribution is -0.138. The van der Waals surface area contributed by atoms with Crippen LogP contribution in [0.1, 0.15) is 24.0 Å². The first kappa shape index (κ1) is 13.1. The highest BCUT2D eigenvalue weighted by atomic mass is 35.5. The number of ether oxygens (including phenoxy) is 1. The fraction of sp³-hybridized carbons (Fsp3) is 0.364. The first-order chi connectivity index (χ1) is 7.40. The fourth-order valence-electron chi connectivity index (χ4n) is 1.56. The molecule has 1 atom stereocenters. The zero-order chi connectivity index (χ0) is 12.5. The molecule has 88 valence electrons. The molecule has 3 nitrogen and oxygen atoms in total. The number of methoxy groups -OCH3 is 1. The van der Waals surface area contributed by atoms with Gasteiger partial charge < -0.3 is 9.84 Å². The van der Waals surface area contributed by atoms with Crippen LogP contribution in [0.25, 0.3) is 0 Å². The van der Waals surface area contributed by atoms with E-state index in [0.29, 0.717) is 26.9 Å². The van der Waals surface area contributed by atoms with Crippen LogP contribution >= 0.6 is 23.2 Å². The van der Waals surface area contributed by atoms with E-state index < -0.39 is 11.9 Å². The van der Waals surface area contributed by atoms with Gasteiger partial charge in [-0.25, -0.2) is 0 Å². The van der Waals surface area contributed by atoms with Gasteiger partial charge in [0.15, 0.2) is 0 Å². The van der Waals surface area contributed by atoms with Gasteiger partial charge in [-0.15, -0.1) is 0 Å². The minimum atomic E-state index is -0.945. The third-order valence-corrected chi connectivity index (χ3v) is 3.16. The molecule has 0 unspecified atom stereocenters. The summed E-state index contributed by atoms with van der Waals surface area (Å²) in [6.45, 7) is 3.32. The third-order valence-electron chi connectivity index (χ3n) is 2.48. The van der Waals surface area contributed by atoms with Gasteiger partial charge in [-0.2, -0.15) is 0 Å². The van der Waals surface area contributed by atoms with Crippen LogP contribution in [-0.4, -0.2) is 18.2 Å². The number of carboxylic acids is 1. The van der Waals surface area contributed by atoms with Gasteiger partial charge in [0.05, 0.1) is 18.1 Å². The van der Waals surface area contributed by atoms with Crippen LogP contribution < -0.4 is 4.74 Å². The van der Waals surface area contributed by atoms with Crippen LogP contribution in [0.4, 0.5) is 0 Å². The van der Waals surface area contributed by atoms with Crippen molar-refractivity contribution in [2.24, 2.45) is 0 Å². The lowest BCUT2D eigenvalue weighted by Crippen LogP contribution is -2.11. The average molecular weight is 263 g/mol. The quantitative estimate of drug-likeness (QED) is 0.907. The van der Waals surface area contributed by atoms with Crippen LogP contribution in [0.2, 0.25) is 10.0 Å². The monoisotopic (exact) mass is 262 g/mol. The number of carboxylic acid groups (broad SMARTS) is 1. The van der Waals surface area contributed by atoms with E-state index in [2.05, 4.69) is 0 Å². The van der Waals surface area contributed by atoms with Crippen molar-refractivity contribution < 1.29 is 14.6 Å². The van der Waals surface area contributed by atoms with Gasteiger partial charge in [-0.1, -0.05) is 23.2 Å². The van der Waals surface area contributed by atoms with Crippen molar-refractivity contribution in [1.82, 2.24) is 0 Å². The van der Waals surface area contributed by atoms with Crippen LogP contribution in [0.5, 0.6) is 5.75 Å². The van der Waals surface area contributed by atoms with Crippen LogP contribution in [0.3, 0.4) is 0 Å². The molecule has 0 amide bonds. The van der Waals surface area contributed by atoms with Gasteiger partial charge >= 0.3 is 5.97 Å². The summed E-state index contributed by atoms with van der Waals surface area (Å²) in [6, 6.07) is 1.55. The van der Waals surface area contributed by atoms with Crippen molar-refractivity contribution >= 4 is 29.2 Å². The lowest BCUT2D eigenvalue weighted by atomic mass is 9.95. The number of aliphatic carboxylic acids is 1. The van der Waals surface area contributed by atoms with E-state index in [1.54, 1.807) is 19.9 Å². The summed E-state index contributed by atoms with van der Waals surface area (Å²) in [5.74, 6) is -1.29. The molecule has 0 aliphatic heterocycles. The summed E-state index contributed by atoms with van der Waals surface area (Å²) in [6.07, 6.45) is 0. The molecule has 0 saturated carbocycles. The molecule has 0 spiro atoms. The Morgan fingerprint density at radius 2 is 2.00 bits per heavy atom. The van der Waals surface area contributed by atoms with E-state index in [4.69, 9.17) is 33.0 Å². The Morgan fingerprint density at radius 1 is 1.44 bits per heavy atom. The van der Waals surface area contributed by atoms with Gasteiger partial charge in [0.2, 0.25) is 0 Å². The second-order valence-corrected chi connectivity index (χ2v) is 4.29. The Labute approximate surface area is 104 Å². The molecule has 0 fully saturated rings. The molecule has 0 aliphatic rings. The predicted molar refractivity (Wildman–Crippen MR) is 63.8 cm³/mol. The van der Waals surface area contributed by atoms with Gasteiger partial charge in [0.1, 0.15) is 5.75 Å². The van der Waals surface area contributed by atoms with Crippen LogP contribution in [0.15, 0.2) is 6.07 Å². The normalized spacial score (nSPS) is 12.3. The van der Waals surface area contributed by atoms with Gasteiger partial charge in [-0.3, -0.25) is 4.79 Å². The average Bonchev–Trinajstić information content (AvgIpc) is 2.21. The van der Waals surface area contributed by atoms with E-state index in [1.165, 1.54) is 7.11 Å². The maximum absolute atomic E-state index is 11.0. The molecular weight excluding hydrogens is 251 g/mol. The van der Waals surface area contributed by atoms with Gasteiger partial charge in [0, 0.05) is 10.6 Å². The Balaban J connectivity index is 3.50. The number of benzene rings is 1. The summed E-state index contributed by atoms with van der Waals surface area (Å²) >= 11 is 11.9. The summed E-state index contributed by atoms with van der Waals surface area (Å²) in [5, 5.41) is 9.78. The largest absolute Gasteiger partial charge is 0.495 e. The van der Waals surface area contributed by atoms with E-state index >= 15 is 0 Å². The summed E-state index contributed by atoms with van der Waals surface area (Å²) in [5.41, 5.74) is 1.20. The predicted octanol–water partition coefficient (Wildman–Crippen LogP) is 3.50. The first-order valence-corrected chi connectivity index (χ1v) is 5.41. The van der Waals surface area contributed by atoms with Crippen molar-refractivity contribution in [3.63, 3.8) is 0 Å². The number of carbonyl (C=O) groups is 1. The number of rotatable bonds is 3. The topological polar surface area (TPSA) is 46.5 Å². The maximum atomic E-state index is 11.0. The molecular formula is C11H12Cl2O3. The number of hydrogen-bond donors (Lipinski definition) is 1. The van der Waals surface area contributed by atoms with E-state index in [0.717, 1.165) is 0 Å². The molecule has 0 aliphatic carbocycles. The zero-order valence-electron chi connectivity index (χ0n) is 9.17. The minimum absolute atomic E-state index is 0.321. The molecule has 1 aromatic carbocycles. The SMILES string of the molecule is COc1c(Cl)cc(Cl)c(C)c1[C@H](C)C(=O)O. The smallest absolute Gasteiger partial charge is 0.310 e. The fourth-order valence-corrected chi connectivity index (χ4v) is 2.12. The Morgan fingerprint density at radius 3 is 2.44 bits per heavy atom. The van der Waals surface area contributed by atoms with Crippen LogP contribution in [-0.2, 0) is 4.79 Å². The highest BCUT2D eigenvalue weighted by Gasteiger charge is 2.24. The molecule has 0 radical (unpaired) electrons. The van der Waals surface area contributed by atoms with Crippen molar-refractivity contribution in [2.75, 3.05) is 7.11 Å². The highest BCUT2D eigenvalue weighted by molar-refractivity contribution is 6.36. The molecule has 16 heavy (non-hydrogen) atoms. The second-order valence-electron chi connectivity index (χ2n) is 3.47. The first-order valence-electron chi connectivity index (χ1n) is 4.65. The Kier molecular flexibility index (Phi) is 4.05. The van der Waals surface area contributed by atoms with E-state index in [1.807, 2.05) is 0 Å². The standard InChI is InChI=1S/C11H12Cl2O3/c1-5-7(12)4-8(13)10(16-3)9(5)6(2)11(14)15/h4,6H,1-3H3,(H,14,15)/t6-/m0/s1. The molecule has 0 saturated heterocycles. The molecule has 0 heterocycles. The lowest BCUT2D eigenvalue weighted by Gasteiger charge is -2.17. The zero-order valence-corrected chi connectivity index (χ0v) is 10.7. The molecule has 1 N–H and O–H groups in total. The van der Waals surface area contributed by atoms with Crippen molar-refractivity contribution in [3.8, 4) is 5.75 Å². The van der Waals surface area contributed by atoms with Crippen molar-refractivity contribution in [1.29, 1.82) is 0 Å². The minimum Gasteiger partial charge on any atom is -0.495 e. The second kappa shape index (κ2) is 4.93. The van der Waals surface area contributed by atoms with Crippen LogP contribution in [0, 0.1) is 6.92 Å². The molecule has 1 aromatic rings. The third kappa shape index (κ3) is 2.25. The summed E-state index contributed by atoms with van der Waals surface area (Å²) < 4.78 is 5.13. The van der Waals surface area contributed by atoms with E-state index in [9.17, 15) is 4.79 Å². The maximum Gasteiger partial charge on any atom is 0.310 e. The Hall–Kier alpha value is -0.930. The molecule has 0 bridgehead atoms. The van der Waals surface area contributed by atoms with Crippen molar-refractivity contribution in [3.05, 3.63) is 27.2 Å². The highest BCUT2D eigenvalue weighted by Crippen LogP contribution is 2.39. The van der Waals surface area contributed by atoms with Crippen molar-refractivity contribution in [2.45, 2.75) is 19.8 Å². The molecule has 0 aromatic heterocycles.